The van der Waals surface area contributed by atoms with E-state index < -0.39 is 0 Å². The highest BCUT2D eigenvalue weighted by Crippen LogP contribution is 2.18. The second-order valence-electron chi connectivity index (χ2n) is 2.16. The lowest BCUT2D eigenvalue weighted by molar-refractivity contribution is -0.517. The van der Waals surface area contributed by atoms with Crippen LogP contribution in [0.25, 0.3) is 0 Å². The molecule has 1 aliphatic rings. The highest BCUT2D eigenvalue weighted by molar-refractivity contribution is 7.99. The molecule has 0 aromatic rings. The quantitative estimate of drug-likeness (QED) is 0.413. The number of thioether (sulfide) groups is 1. The summed E-state index contributed by atoms with van der Waals surface area (Å²) >= 11 is 1.69. The molecule has 1 unspecified atom stereocenters. The van der Waals surface area contributed by atoms with Crippen LogP contribution < -0.4 is 0 Å². The molecule has 3 nitrogen and oxygen atoms in total. The van der Waals surface area contributed by atoms with Gasteiger partial charge in [-0.25, -0.2) is 0 Å². The average Bonchev–Trinajstić information content (AvgIpc) is 1.90. The van der Waals surface area contributed by atoms with E-state index in [1.807, 2.05) is 0 Å². The summed E-state index contributed by atoms with van der Waals surface area (Å²) < 4.78 is 0. The zero-order valence-electron chi connectivity index (χ0n) is 5.08. The molecular formula is C5H9NO2S. The summed E-state index contributed by atoms with van der Waals surface area (Å²) in [7, 11) is 0. The monoisotopic (exact) mass is 147 g/mol. The molecule has 0 aliphatic carbocycles. The summed E-state index contributed by atoms with van der Waals surface area (Å²) in [6.45, 7) is 0. The van der Waals surface area contributed by atoms with Gasteiger partial charge in [0.2, 0.25) is 6.04 Å². The lowest BCUT2D eigenvalue weighted by Crippen LogP contribution is -2.25. The van der Waals surface area contributed by atoms with Crippen molar-refractivity contribution < 1.29 is 4.92 Å². The summed E-state index contributed by atoms with van der Waals surface area (Å²) in [6, 6.07) is -0.260. The Morgan fingerprint density at radius 1 is 1.67 bits per heavy atom. The van der Waals surface area contributed by atoms with Gasteiger partial charge in [0.05, 0.1) is 5.75 Å². The van der Waals surface area contributed by atoms with Gasteiger partial charge in [0.1, 0.15) is 0 Å². The minimum absolute atomic E-state index is 0.161. The summed E-state index contributed by atoms with van der Waals surface area (Å²) in [5.74, 6) is 1.82. The molecule has 1 heterocycles. The van der Waals surface area contributed by atoms with Crippen LogP contribution in [-0.4, -0.2) is 22.5 Å². The molecule has 1 fully saturated rings. The van der Waals surface area contributed by atoms with Crippen molar-refractivity contribution in [2.24, 2.45) is 0 Å². The molecule has 1 aliphatic heterocycles. The molecular weight excluding hydrogens is 138 g/mol. The van der Waals surface area contributed by atoms with Crippen molar-refractivity contribution in [3.8, 4) is 0 Å². The predicted molar refractivity (Wildman–Crippen MR) is 37.3 cm³/mol. The second-order valence-corrected chi connectivity index (χ2v) is 3.31. The second kappa shape index (κ2) is 3.06. The molecule has 0 amide bonds. The van der Waals surface area contributed by atoms with Crippen molar-refractivity contribution in [2.75, 3.05) is 11.5 Å². The molecule has 0 aromatic heterocycles. The molecule has 0 bridgehead atoms. The predicted octanol–water partition coefficient (Wildman–Crippen LogP) is 1.16. The molecule has 1 saturated heterocycles. The number of rotatable bonds is 1. The van der Waals surface area contributed by atoms with E-state index in [-0.39, 0.29) is 11.0 Å². The first-order valence-corrected chi connectivity index (χ1v) is 4.17. The smallest absolute Gasteiger partial charge is 0.222 e. The van der Waals surface area contributed by atoms with Crippen LogP contribution in [0.2, 0.25) is 0 Å². The Morgan fingerprint density at radius 2 is 2.44 bits per heavy atom. The first-order chi connectivity index (χ1) is 4.30. The summed E-state index contributed by atoms with van der Waals surface area (Å²) in [5.41, 5.74) is 0. The van der Waals surface area contributed by atoms with E-state index in [2.05, 4.69) is 0 Å². The van der Waals surface area contributed by atoms with Crippen LogP contribution in [0, 0.1) is 10.1 Å². The lowest BCUT2D eigenvalue weighted by atomic mass is 10.2. The van der Waals surface area contributed by atoms with E-state index in [1.165, 1.54) is 0 Å². The normalized spacial score (nSPS) is 27.8. The first-order valence-electron chi connectivity index (χ1n) is 3.02. The largest absolute Gasteiger partial charge is 0.264 e. The fourth-order valence-corrected chi connectivity index (χ4v) is 1.99. The number of nitro groups is 1. The van der Waals surface area contributed by atoms with Crippen LogP contribution in [-0.2, 0) is 0 Å². The Balaban J connectivity index is 2.31. The van der Waals surface area contributed by atoms with Gasteiger partial charge in [-0.2, -0.15) is 11.8 Å². The third kappa shape index (κ3) is 1.86. The standard InChI is InChI=1S/C5H9NO2S/c7-6(8)5-2-1-3-9-4-5/h5H,1-4H2. The Hall–Kier alpha value is -0.250. The minimum atomic E-state index is -0.260. The third-order valence-electron chi connectivity index (χ3n) is 1.43. The highest BCUT2D eigenvalue weighted by atomic mass is 32.2. The Kier molecular flexibility index (Phi) is 2.33. The fraction of sp³-hybridized carbons (Fsp3) is 1.00. The molecule has 0 N–H and O–H groups in total. The van der Waals surface area contributed by atoms with Gasteiger partial charge in [-0.05, 0) is 12.2 Å². The zero-order valence-corrected chi connectivity index (χ0v) is 5.89. The molecule has 1 rings (SSSR count). The van der Waals surface area contributed by atoms with Gasteiger partial charge in [-0.1, -0.05) is 0 Å². The molecule has 4 heteroatoms. The maximum atomic E-state index is 10.1. The van der Waals surface area contributed by atoms with Crippen molar-refractivity contribution in [3.63, 3.8) is 0 Å². The van der Waals surface area contributed by atoms with Crippen LogP contribution in [0.4, 0.5) is 0 Å². The van der Waals surface area contributed by atoms with Gasteiger partial charge in [-0.15, -0.1) is 0 Å². The molecule has 1 atom stereocenters. The van der Waals surface area contributed by atoms with Gasteiger partial charge in [0.15, 0.2) is 0 Å². The summed E-state index contributed by atoms with van der Waals surface area (Å²) in [4.78, 5) is 9.99. The molecule has 9 heavy (non-hydrogen) atoms. The molecule has 52 valence electrons. The molecule has 0 spiro atoms. The lowest BCUT2D eigenvalue weighted by Gasteiger charge is -2.13. The van der Waals surface area contributed by atoms with Crippen LogP contribution in [0.3, 0.4) is 0 Å². The van der Waals surface area contributed by atoms with E-state index in [1.54, 1.807) is 11.8 Å². The van der Waals surface area contributed by atoms with Gasteiger partial charge < -0.3 is 0 Å². The van der Waals surface area contributed by atoms with E-state index in [0.29, 0.717) is 5.75 Å². The first kappa shape index (κ1) is 6.86. The third-order valence-corrected chi connectivity index (χ3v) is 2.63. The maximum absolute atomic E-state index is 10.1. The Labute approximate surface area is 58.0 Å². The van der Waals surface area contributed by atoms with Gasteiger partial charge in [0.25, 0.3) is 0 Å². The van der Waals surface area contributed by atoms with Gasteiger partial charge in [-0.3, -0.25) is 10.1 Å². The Morgan fingerprint density at radius 3 is 2.78 bits per heavy atom. The molecule has 0 aromatic carbocycles. The van der Waals surface area contributed by atoms with Gasteiger partial charge >= 0.3 is 0 Å². The van der Waals surface area contributed by atoms with Crippen LogP contribution in [0.15, 0.2) is 0 Å². The van der Waals surface area contributed by atoms with E-state index in [4.69, 9.17) is 0 Å². The van der Waals surface area contributed by atoms with Crippen molar-refractivity contribution >= 4 is 11.8 Å². The molecule has 0 radical (unpaired) electrons. The number of nitrogens with zero attached hydrogens (tertiary/aromatic N) is 1. The van der Waals surface area contributed by atoms with Crippen LogP contribution in [0.5, 0.6) is 0 Å². The van der Waals surface area contributed by atoms with Crippen molar-refractivity contribution in [1.29, 1.82) is 0 Å². The van der Waals surface area contributed by atoms with Crippen molar-refractivity contribution in [2.45, 2.75) is 18.9 Å². The van der Waals surface area contributed by atoms with E-state index in [0.717, 1.165) is 18.6 Å². The van der Waals surface area contributed by atoms with Crippen molar-refractivity contribution in [3.05, 3.63) is 10.1 Å². The molecule has 0 saturated carbocycles. The van der Waals surface area contributed by atoms with Crippen LogP contribution >= 0.6 is 11.8 Å². The summed E-state index contributed by atoms with van der Waals surface area (Å²) in [6.07, 6.45) is 1.79. The van der Waals surface area contributed by atoms with Crippen LogP contribution in [0.1, 0.15) is 12.8 Å². The number of hydrogen-bond donors (Lipinski definition) is 0. The Bertz CT molecular complexity index is 112. The van der Waals surface area contributed by atoms with Gasteiger partial charge in [0, 0.05) is 11.3 Å². The fourth-order valence-electron chi connectivity index (χ4n) is 0.890. The van der Waals surface area contributed by atoms with E-state index in [9.17, 15) is 10.1 Å². The summed E-state index contributed by atoms with van der Waals surface area (Å²) in [5, 5.41) is 10.1. The van der Waals surface area contributed by atoms with E-state index >= 15 is 0 Å². The average molecular weight is 147 g/mol. The van der Waals surface area contributed by atoms with Crippen molar-refractivity contribution in [1.82, 2.24) is 0 Å². The maximum Gasteiger partial charge on any atom is 0.222 e. The topological polar surface area (TPSA) is 43.1 Å². The number of hydrogen-bond acceptors (Lipinski definition) is 3. The zero-order chi connectivity index (χ0) is 6.69. The SMILES string of the molecule is O=[N+]([O-])C1CCCSC1. The highest BCUT2D eigenvalue weighted by Gasteiger charge is 2.22. The minimum Gasteiger partial charge on any atom is -0.264 e.